The topological polar surface area (TPSA) is 79.5 Å². The van der Waals surface area contributed by atoms with E-state index >= 15 is 0 Å². The molecule has 0 fully saturated rings. The van der Waals surface area contributed by atoms with Crippen molar-refractivity contribution in [1.82, 2.24) is 5.32 Å². The molecule has 0 aromatic carbocycles. The fourth-order valence-electron chi connectivity index (χ4n) is 1.26. The third-order valence-electron chi connectivity index (χ3n) is 2.24. The van der Waals surface area contributed by atoms with E-state index in [2.05, 4.69) is 5.32 Å². The zero-order valence-electron chi connectivity index (χ0n) is 9.27. The molecule has 16 heavy (non-hydrogen) atoms. The molecule has 1 aromatic heterocycles. The molecule has 1 aromatic rings. The number of aliphatic carboxylic acids is 1. The van der Waals surface area contributed by atoms with E-state index in [0.29, 0.717) is 6.42 Å². The van der Waals surface area contributed by atoms with Crippen molar-refractivity contribution in [1.29, 1.82) is 0 Å². The van der Waals surface area contributed by atoms with Crippen LogP contribution in [-0.4, -0.2) is 23.0 Å². The monoisotopic (exact) mass is 225 g/mol. The van der Waals surface area contributed by atoms with Crippen LogP contribution in [0.4, 0.5) is 0 Å². The number of furan rings is 1. The summed E-state index contributed by atoms with van der Waals surface area (Å²) >= 11 is 0. The third-order valence-corrected chi connectivity index (χ3v) is 2.24. The minimum absolute atomic E-state index is 0.152. The van der Waals surface area contributed by atoms with Crippen LogP contribution >= 0.6 is 0 Å². The minimum Gasteiger partial charge on any atom is -0.481 e. The van der Waals surface area contributed by atoms with Crippen LogP contribution in [0, 0.1) is 5.92 Å². The Morgan fingerprint density at radius 3 is 2.69 bits per heavy atom. The molecular weight excluding hydrogens is 210 g/mol. The van der Waals surface area contributed by atoms with Gasteiger partial charge in [-0.2, -0.15) is 0 Å². The van der Waals surface area contributed by atoms with Gasteiger partial charge in [-0.25, -0.2) is 0 Å². The summed E-state index contributed by atoms with van der Waals surface area (Å²) in [6.45, 7) is 3.16. The van der Waals surface area contributed by atoms with Crippen molar-refractivity contribution in [2.24, 2.45) is 5.92 Å². The molecule has 0 aliphatic heterocycles. The Bertz CT molecular complexity index is 358. The van der Waals surface area contributed by atoms with Crippen LogP contribution in [0.5, 0.6) is 0 Å². The van der Waals surface area contributed by atoms with E-state index in [9.17, 15) is 9.59 Å². The number of nitrogens with one attached hydrogen (secondary N) is 1. The van der Waals surface area contributed by atoms with E-state index in [1.54, 1.807) is 19.3 Å². The number of hydrogen-bond donors (Lipinski definition) is 2. The lowest BCUT2D eigenvalue weighted by Crippen LogP contribution is -2.40. The maximum absolute atomic E-state index is 11.4. The second-order valence-corrected chi connectivity index (χ2v) is 3.75. The molecule has 1 amide bonds. The molecule has 0 radical (unpaired) electrons. The van der Waals surface area contributed by atoms with E-state index in [-0.39, 0.29) is 6.04 Å². The van der Waals surface area contributed by atoms with Crippen molar-refractivity contribution in [3.05, 3.63) is 24.2 Å². The molecule has 88 valence electrons. The van der Waals surface area contributed by atoms with Gasteiger partial charge in [-0.1, -0.05) is 0 Å². The van der Waals surface area contributed by atoms with Crippen LogP contribution in [0.15, 0.2) is 22.8 Å². The predicted octanol–water partition coefficient (Wildman–Crippen LogP) is 1.05. The maximum atomic E-state index is 11.4. The van der Waals surface area contributed by atoms with Gasteiger partial charge >= 0.3 is 5.97 Å². The first-order valence-corrected chi connectivity index (χ1v) is 5.06. The van der Waals surface area contributed by atoms with Gasteiger partial charge in [-0.15, -0.1) is 0 Å². The van der Waals surface area contributed by atoms with Crippen LogP contribution in [0.3, 0.4) is 0 Å². The quantitative estimate of drug-likeness (QED) is 0.734. The Labute approximate surface area is 93.4 Å². The Kier molecular flexibility index (Phi) is 4.10. The zero-order valence-corrected chi connectivity index (χ0v) is 9.27. The molecule has 1 rings (SSSR count). The van der Waals surface area contributed by atoms with Crippen molar-refractivity contribution >= 4 is 11.9 Å². The average molecular weight is 225 g/mol. The molecule has 0 bridgehead atoms. The number of carbonyl (C=O) groups excluding carboxylic acids is 1. The van der Waals surface area contributed by atoms with Gasteiger partial charge in [-0.3, -0.25) is 9.59 Å². The number of hydrogen-bond acceptors (Lipinski definition) is 3. The van der Waals surface area contributed by atoms with Gasteiger partial charge in [0.05, 0.1) is 6.26 Å². The molecule has 5 heteroatoms. The lowest BCUT2D eigenvalue weighted by Gasteiger charge is -2.14. The molecule has 2 atom stereocenters. The van der Waals surface area contributed by atoms with Gasteiger partial charge in [0.2, 0.25) is 5.91 Å². The first-order valence-electron chi connectivity index (χ1n) is 5.06. The second kappa shape index (κ2) is 5.34. The Hall–Kier alpha value is -1.78. The van der Waals surface area contributed by atoms with Crippen LogP contribution in [0.25, 0.3) is 0 Å². The molecule has 0 aliphatic rings. The van der Waals surface area contributed by atoms with Crippen molar-refractivity contribution in [3.8, 4) is 0 Å². The highest BCUT2D eigenvalue weighted by atomic mass is 16.4. The average Bonchev–Trinajstić information content (AvgIpc) is 2.68. The fourth-order valence-corrected chi connectivity index (χ4v) is 1.26. The first-order chi connectivity index (χ1) is 7.50. The zero-order chi connectivity index (χ0) is 12.1. The summed E-state index contributed by atoms with van der Waals surface area (Å²) in [5.74, 6) is -1.87. The Morgan fingerprint density at radius 1 is 1.50 bits per heavy atom. The van der Waals surface area contributed by atoms with Gasteiger partial charge in [0, 0.05) is 12.5 Å². The summed E-state index contributed by atoms with van der Waals surface area (Å²) in [6, 6.07) is 3.42. The van der Waals surface area contributed by atoms with E-state index in [1.165, 1.54) is 6.92 Å². The number of carboxylic acids is 1. The van der Waals surface area contributed by atoms with E-state index in [4.69, 9.17) is 9.52 Å². The predicted molar refractivity (Wildman–Crippen MR) is 56.8 cm³/mol. The van der Waals surface area contributed by atoms with E-state index < -0.39 is 17.8 Å². The summed E-state index contributed by atoms with van der Waals surface area (Å²) in [4.78, 5) is 22.0. The molecular formula is C11H15NO4. The number of carbonyl (C=O) groups is 2. The highest BCUT2D eigenvalue weighted by Gasteiger charge is 2.21. The van der Waals surface area contributed by atoms with Gasteiger partial charge in [0.25, 0.3) is 0 Å². The highest BCUT2D eigenvalue weighted by Crippen LogP contribution is 2.04. The van der Waals surface area contributed by atoms with E-state index in [1.807, 2.05) is 6.07 Å². The highest BCUT2D eigenvalue weighted by molar-refractivity contribution is 5.96. The van der Waals surface area contributed by atoms with E-state index in [0.717, 1.165) is 5.76 Å². The van der Waals surface area contributed by atoms with Crippen molar-refractivity contribution < 1.29 is 19.1 Å². The molecule has 0 saturated carbocycles. The third kappa shape index (κ3) is 3.42. The number of amides is 1. The lowest BCUT2D eigenvalue weighted by atomic mass is 10.1. The standard InChI is InChI=1S/C11H15NO4/c1-7(6-9-4-3-5-16-9)12-10(13)8(2)11(14)15/h3-5,7-8H,6H2,1-2H3,(H,12,13)(H,14,15). The van der Waals surface area contributed by atoms with Crippen molar-refractivity contribution in [2.75, 3.05) is 0 Å². The molecule has 2 unspecified atom stereocenters. The second-order valence-electron chi connectivity index (χ2n) is 3.75. The fraction of sp³-hybridized carbons (Fsp3) is 0.455. The summed E-state index contributed by atoms with van der Waals surface area (Å²) < 4.78 is 5.13. The smallest absolute Gasteiger partial charge is 0.315 e. The van der Waals surface area contributed by atoms with Crippen molar-refractivity contribution in [3.63, 3.8) is 0 Å². The molecule has 0 aliphatic carbocycles. The lowest BCUT2D eigenvalue weighted by molar-refractivity contribution is -0.146. The van der Waals surface area contributed by atoms with Gasteiger partial charge in [-0.05, 0) is 26.0 Å². The maximum Gasteiger partial charge on any atom is 0.315 e. The van der Waals surface area contributed by atoms with Crippen molar-refractivity contribution in [2.45, 2.75) is 26.3 Å². The molecule has 2 N–H and O–H groups in total. The molecule has 1 heterocycles. The van der Waals surface area contributed by atoms with Crippen LogP contribution in [0.1, 0.15) is 19.6 Å². The van der Waals surface area contributed by atoms with Crippen LogP contribution < -0.4 is 5.32 Å². The largest absolute Gasteiger partial charge is 0.481 e. The molecule has 0 spiro atoms. The minimum atomic E-state index is -1.12. The van der Waals surface area contributed by atoms with Gasteiger partial charge in [0.15, 0.2) is 0 Å². The summed E-state index contributed by atoms with van der Waals surface area (Å²) in [5.41, 5.74) is 0. The van der Waals surface area contributed by atoms with Gasteiger partial charge < -0.3 is 14.8 Å². The van der Waals surface area contributed by atoms with Crippen LogP contribution in [0.2, 0.25) is 0 Å². The number of rotatable bonds is 5. The van der Waals surface area contributed by atoms with Crippen LogP contribution in [-0.2, 0) is 16.0 Å². The molecule has 0 saturated heterocycles. The summed E-state index contributed by atoms with van der Waals surface area (Å²) in [6.07, 6.45) is 2.11. The summed E-state index contributed by atoms with van der Waals surface area (Å²) in [5, 5.41) is 11.3. The Morgan fingerprint density at radius 2 is 2.19 bits per heavy atom. The first kappa shape index (κ1) is 12.3. The normalized spacial score (nSPS) is 14.1. The molecule has 5 nitrogen and oxygen atoms in total. The Balaban J connectivity index is 2.42. The SMILES string of the molecule is CC(Cc1ccco1)NC(=O)C(C)C(=O)O. The summed E-state index contributed by atoms with van der Waals surface area (Å²) in [7, 11) is 0. The van der Waals surface area contributed by atoms with Gasteiger partial charge in [0.1, 0.15) is 11.7 Å². The number of carboxylic acid groups (broad SMARTS) is 1.